The van der Waals surface area contributed by atoms with E-state index in [0.29, 0.717) is 6.42 Å². The van der Waals surface area contributed by atoms with Crippen molar-refractivity contribution in [3.8, 4) is 11.5 Å². The molecule has 0 aromatic heterocycles. The molecule has 2 aromatic rings. The first-order chi connectivity index (χ1) is 13.2. The van der Waals surface area contributed by atoms with Gasteiger partial charge in [-0.1, -0.05) is 19.1 Å². The summed E-state index contributed by atoms with van der Waals surface area (Å²) in [5.74, 6) is 1.76. The van der Waals surface area contributed by atoms with Crippen LogP contribution in [0, 0.1) is 0 Å². The highest BCUT2D eigenvalue weighted by molar-refractivity contribution is 5.83. The number of carbonyl (C=O) groups excluding carboxylic acids is 1. The van der Waals surface area contributed by atoms with Gasteiger partial charge in [-0.2, -0.15) is 0 Å². The van der Waals surface area contributed by atoms with Crippen LogP contribution in [-0.2, 0) is 11.2 Å². The summed E-state index contributed by atoms with van der Waals surface area (Å²) in [6.07, 6.45) is 2.30. The van der Waals surface area contributed by atoms with Gasteiger partial charge in [0.1, 0.15) is 17.5 Å². The van der Waals surface area contributed by atoms with Crippen molar-refractivity contribution in [2.24, 2.45) is 0 Å². The number of fused-ring (bicyclic) bond motifs is 2. The Bertz CT molecular complexity index is 902. The molecule has 27 heavy (non-hydrogen) atoms. The third kappa shape index (κ3) is 2.93. The topological polar surface area (TPSA) is 50.8 Å². The highest BCUT2D eigenvalue weighted by atomic mass is 16.5. The molecule has 1 unspecified atom stereocenters. The number of hydrogen-bond donors (Lipinski definition) is 1. The SMILES string of the molecule is CCC(=O)N1NC2=C(CCc3cc(OC)ccc32)C1c1ccc(OC)cc1. The molecule has 1 aliphatic carbocycles. The van der Waals surface area contributed by atoms with Crippen LogP contribution in [-0.4, -0.2) is 25.1 Å². The molecule has 5 heteroatoms. The highest BCUT2D eigenvalue weighted by Gasteiger charge is 2.38. The lowest BCUT2D eigenvalue weighted by Crippen LogP contribution is -2.39. The summed E-state index contributed by atoms with van der Waals surface area (Å²) in [5, 5.41) is 1.78. The molecular formula is C22H24N2O3. The van der Waals surface area contributed by atoms with Crippen molar-refractivity contribution in [2.75, 3.05) is 14.2 Å². The Labute approximate surface area is 159 Å². The van der Waals surface area contributed by atoms with Crippen molar-refractivity contribution < 1.29 is 14.3 Å². The van der Waals surface area contributed by atoms with Gasteiger partial charge in [0.15, 0.2) is 0 Å². The Morgan fingerprint density at radius 2 is 1.78 bits per heavy atom. The number of benzene rings is 2. The Kier molecular flexibility index (Phi) is 4.52. The lowest BCUT2D eigenvalue weighted by atomic mass is 9.85. The van der Waals surface area contributed by atoms with Crippen molar-refractivity contribution in [3.63, 3.8) is 0 Å². The first kappa shape index (κ1) is 17.5. The fourth-order valence-electron chi connectivity index (χ4n) is 3.97. The number of ether oxygens (including phenoxy) is 2. The maximum atomic E-state index is 12.7. The second-order valence-electron chi connectivity index (χ2n) is 6.83. The molecule has 1 aliphatic heterocycles. The second-order valence-corrected chi connectivity index (χ2v) is 6.83. The van der Waals surface area contributed by atoms with Crippen molar-refractivity contribution in [1.82, 2.24) is 10.4 Å². The molecule has 1 heterocycles. The van der Waals surface area contributed by atoms with Gasteiger partial charge in [-0.05, 0) is 59.9 Å². The molecule has 2 aliphatic rings. The zero-order valence-corrected chi connectivity index (χ0v) is 15.9. The molecule has 1 atom stereocenters. The van der Waals surface area contributed by atoms with Crippen LogP contribution in [0.2, 0.25) is 0 Å². The number of rotatable bonds is 4. The summed E-state index contributed by atoms with van der Waals surface area (Å²) in [7, 11) is 3.34. The average molecular weight is 364 g/mol. The first-order valence-corrected chi connectivity index (χ1v) is 9.29. The largest absolute Gasteiger partial charge is 0.497 e. The highest BCUT2D eigenvalue weighted by Crippen LogP contribution is 2.45. The second kappa shape index (κ2) is 6.99. The zero-order valence-electron chi connectivity index (χ0n) is 15.9. The number of hydrazine groups is 1. The van der Waals surface area contributed by atoms with Crippen LogP contribution in [0.5, 0.6) is 11.5 Å². The Balaban J connectivity index is 1.79. The van der Waals surface area contributed by atoms with Gasteiger partial charge in [-0.25, -0.2) is 5.01 Å². The minimum absolute atomic E-state index is 0.0836. The van der Waals surface area contributed by atoms with E-state index in [-0.39, 0.29) is 11.9 Å². The van der Waals surface area contributed by atoms with Gasteiger partial charge in [-0.3, -0.25) is 10.2 Å². The Hall–Kier alpha value is -2.95. The van der Waals surface area contributed by atoms with E-state index in [1.807, 2.05) is 37.3 Å². The smallest absolute Gasteiger partial charge is 0.241 e. The van der Waals surface area contributed by atoms with E-state index in [2.05, 4.69) is 17.6 Å². The molecule has 0 bridgehead atoms. The van der Waals surface area contributed by atoms with Crippen molar-refractivity contribution in [3.05, 3.63) is 64.7 Å². The number of methoxy groups -OCH3 is 2. The lowest BCUT2D eigenvalue weighted by molar-refractivity contribution is -0.134. The lowest BCUT2D eigenvalue weighted by Gasteiger charge is -2.26. The van der Waals surface area contributed by atoms with E-state index in [1.165, 1.54) is 11.1 Å². The molecule has 4 rings (SSSR count). The van der Waals surface area contributed by atoms with Crippen molar-refractivity contribution in [1.29, 1.82) is 0 Å². The molecule has 0 saturated heterocycles. The quantitative estimate of drug-likeness (QED) is 0.895. The van der Waals surface area contributed by atoms with Crippen LogP contribution in [0.25, 0.3) is 5.70 Å². The van der Waals surface area contributed by atoms with E-state index in [0.717, 1.165) is 41.2 Å². The molecule has 0 saturated carbocycles. The minimum atomic E-state index is -0.0893. The van der Waals surface area contributed by atoms with Gasteiger partial charge in [0, 0.05) is 12.0 Å². The standard InChI is InChI=1S/C22H24N2O3/c1-4-20(25)24-22(14-5-8-16(26-2)9-6-14)19-11-7-15-13-17(27-3)10-12-18(15)21(19)23-24/h5-6,8-10,12-13,22-23H,4,7,11H2,1-3H3. The van der Waals surface area contributed by atoms with Crippen LogP contribution in [0.1, 0.15) is 42.5 Å². The van der Waals surface area contributed by atoms with Crippen LogP contribution in [0.3, 0.4) is 0 Å². The number of carbonyl (C=O) groups is 1. The summed E-state index contributed by atoms with van der Waals surface area (Å²) in [6, 6.07) is 14.0. The van der Waals surface area contributed by atoms with Crippen molar-refractivity contribution >= 4 is 11.6 Å². The fraction of sp³-hybridized carbons (Fsp3) is 0.318. The molecule has 5 nitrogen and oxygen atoms in total. The molecule has 1 amide bonds. The molecular weight excluding hydrogens is 340 g/mol. The van der Waals surface area contributed by atoms with E-state index >= 15 is 0 Å². The average Bonchev–Trinajstić information content (AvgIpc) is 3.12. The molecule has 140 valence electrons. The number of nitrogens with one attached hydrogen (secondary N) is 1. The maximum absolute atomic E-state index is 12.7. The number of aryl methyl sites for hydroxylation is 1. The van der Waals surface area contributed by atoms with E-state index in [1.54, 1.807) is 19.2 Å². The third-order valence-corrected chi connectivity index (χ3v) is 5.39. The fourth-order valence-corrected chi connectivity index (χ4v) is 3.97. The normalized spacial score (nSPS) is 17.9. The zero-order chi connectivity index (χ0) is 19.0. The molecule has 2 aromatic carbocycles. The maximum Gasteiger partial charge on any atom is 0.241 e. The van der Waals surface area contributed by atoms with Gasteiger partial charge in [0.05, 0.1) is 19.9 Å². The molecule has 0 spiro atoms. The summed E-state index contributed by atoms with van der Waals surface area (Å²) in [6.45, 7) is 1.89. The minimum Gasteiger partial charge on any atom is -0.497 e. The first-order valence-electron chi connectivity index (χ1n) is 9.29. The van der Waals surface area contributed by atoms with E-state index in [4.69, 9.17) is 9.47 Å². The van der Waals surface area contributed by atoms with Crippen LogP contribution < -0.4 is 14.9 Å². The van der Waals surface area contributed by atoms with E-state index < -0.39 is 0 Å². The van der Waals surface area contributed by atoms with Crippen LogP contribution in [0.15, 0.2) is 48.0 Å². The molecule has 0 radical (unpaired) electrons. The monoisotopic (exact) mass is 364 g/mol. The third-order valence-electron chi connectivity index (χ3n) is 5.39. The summed E-state index contributed by atoms with van der Waals surface area (Å²) in [5.41, 5.74) is 9.22. The van der Waals surface area contributed by atoms with Crippen molar-refractivity contribution in [2.45, 2.75) is 32.2 Å². The Morgan fingerprint density at radius 3 is 2.44 bits per heavy atom. The van der Waals surface area contributed by atoms with Crippen LogP contribution >= 0.6 is 0 Å². The number of hydrogen-bond acceptors (Lipinski definition) is 4. The Morgan fingerprint density at radius 1 is 1.07 bits per heavy atom. The van der Waals surface area contributed by atoms with Gasteiger partial charge in [-0.15, -0.1) is 0 Å². The van der Waals surface area contributed by atoms with E-state index in [9.17, 15) is 4.79 Å². The summed E-state index contributed by atoms with van der Waals surface area (Å²) < 4.78 is 10.6. The molecule has 0 fully saturated rings. The predicted molar refractivity (Wildman–Crippen MR) is 104 cm³/mol. The van der Waals surface area contributed by atoms with Gasteiger partial charge >= 0.3 is 0 Å². The van der Waals surface area contributed by atoms with Gasteiger partial charge in [0.25, 0.3) is 0 Å². The summed E-state index contributed by atoms with van der Waals surface area (Å²) >= 11 is 0. The van der Waals surface area contributed by atoms with Gasteiger partial charge in [0.2, 0.25) is 5.91 Å². The number of amides is 1. The molecule has 1 N–H and O–H groups in total. The predicted octanol–water partition coefficient (Wildman–Crippen LogP) is 3.86. The summed E-state index contributed by atoms with van der Waals surface area (Å²) in [4.78, 5) is 12.7. The number of nitrogens with zero attached hydrogens (tertiary/aromatic N) is 1. The van der Waals surface area contributed by atoms with Crippen LogP contribution in [0.4, 0.5) is 0 Å². The van der Waals surface area contributed by atoms with Gasteiger partial charge < -0.3 is 9.47 Å².